The Bertz CT molecular complexity index is 409. The molecule has 19 heavy (non-hydrogen) atoms. The van der Waals surface area contributed by atoms with Crippen molar-refractivity contribution in [1.82, 2.24) is 0 Å². The van der Waals surface area contributed by atoms with Gasteiger partial charge in [0, 0.05) is 11.6 Å². The summed E-state index contributed by atoms with van der Waals surface area (Å²) in [6.07, 6.45) is 0. The van der Waals surface area contributed by atoms with E-state index in [2.05, 4.69) is 6.07 Å². The van der Waals surface area contributed by atoms with Crippen molar-refractivity contribution >= 4 is 0 Å². The summed E-state index contributed by atoms with van der Waals surface area (Å²) in [7, 11) is 0. The molecule has 0 amide bonds. The normalized spacial score (nSPS) is 8.11. The van der Waals surface area contributed by atoms with Gasteiger partial charge in [-0.05, 0) is 0 Å². The Kier molecular flexibility index (Phi) is 10.7. The van der Waals surface area contributed by atoms with Gasteiger partial charge in [-0.25, -0.2) is 33.0 Å². The van der Waals surface area contributed by atoms with Gasteiger partial charge in [0.1, 0.15) is 0 Å². The van der Waals surface area contributed by atoms with Gasteiger partial charge in [0.15, 0.2) is 0 Å². The van der Waals surface area contributed by atoms with Crippen molar-refractivity contribution in [3.05, 3.63) is 96.6 Å². The maximum Gasteiger partial charge on any atom is 3.00 e. The molecule has 95 valence electrons. The zero-order valence-corrected chi connectivity index (χ0v) is 11.8. The predicted molar refractivity (Wildman–Crippen MR) is 69.3 cm³/mol. The summed E-state index contributed by atoms with van der Waals surface area (Å²) in [5, 5.41) is 0. The minimum Gasteiger partial charge on any atom is -0.236 e. The molecule has 3 aromatic carbocycles. The van der Waals surface area contributed by atoms with Crippen molar-refractivity contribution in [3.8, 4) is 0 Å². The molecule has 0 unspecified atom stereocenters. The van der Waals surface area contributed by atoms with Crippen LogP contribution < -0.4 is 0 Å². The van der Waals surface area contributed by atoms with Crippen LogP contribution in [0.25, 0.3) is 0 Å². The molecule has 0 fully saturated rings. The summed E-state index contributed by atoms with van der Waals surface area (Å²) >= 11 is 0. The zero-order valence-electron chi connectivity index (χ0n) is 10.3. The van der Waals surface area contributed by atoms with Crippen LogP contribution in [-0.2, 0) is 21.7 Å². The first-order chi connectivity index (χ1) is 8.79. The summed E-state index contributed by atoms with van der Waals surface area (Å²) in [6.45, 7) is 0. The smallest absolute Gasteiger partial charge is 0.236 e. The first-order valence-electron chi connectivity index (χ1n) is 5.45. The quantitative estimate of drug-likeness (QED) is 0.420. The predicted octanol–water partition coefficient (Wildman–Crippen LogP) is 4.57. The maximum absolute atomic E-state index is 11.9. The molecule has 3 rings (SSSR count). The summed E-state index contributed by atoms with van der Waals surface area (Å²) in [4.78, 5) is 0. The Balaban J connectivity index is 0.000000259. The van der Waals surface area contributed by atoms with E-state index in [0.717, 1.165) is 12.1 Å². The summed E-state index contributed by atoms with van der Waals surface area (Å²) < 4.78 is 23.8. The van der Waals surface area contributed by atoms with Gasteiger partial charge in [0.2, 0.25) is 0 Å². The van der Waals surface area contributed by atoms with Gasteiger partial charge < -0.3 is 0 Å². The molecule has 0 aliphatic heterocycles. The topological polar surface area (TPSA) is 0 Å². The van der Waals surface area contributed by atoms with E-state index in [1.807, 2.05) is 60.7 Å². The van der Waals surface area contributed by atoms with Crippen LogP contribution in [-0.4, -0.2) is 0 Å². The second-order valence-electron chi connectivity index (χ2n) is 3.28. The van der Waals surface area contributed by atoms with Gasteiger partial charge in [-0.2, -0.15) is 42.5 Å². The second kappa shape index (κ2) is 11.6. The molecule has 0 atom stereocenters. The molecule has 1 radical (unpaired) electrons. The van der Waals surface area contributed by atoms with Crippen LogP contribution in [0, 0.1) is 17.7 Å². The summed E-state index contributed by atoms with van der Waals surface area (Å²) in [5.74, 6) is -1.23. The molecule has 0 N–H and O–H groups in total. The minimum absolute atomic E-state index is 0. The number of benzene rings is 1. The van der Waals surface area contributed by atoms with Crippen LogP contribution in [0.15, 0.2) is 78.9 Å². The largest absolute Gasteiger partial charge is 3.00 e. The van der Waals surface area contributed by atoms with Crippen LogP contribution in [0.5, 0.6) is 0 Å². The van der Waals surface area contributed by atoms with E-state index in [1.54, 1.807) is 0 Å². The summed E-state index contributed by atoms with van der Waals surface area (Å²) in [6, 6.07) is 25.3. The SMILES string of the molecule is Fc1[c-]ccc(F)c1.[Ti+3].c1cc[cH-]c1.c1cc[cH-]c1. The van der Waals surface area contributed by atoms with E-state index in [0.29, 0.717) is 0 Å². The van der Waals surface area contributed by atoms with E-state index in [-0.39, 0.29) is 21.7 Å². The fourth-order valence-corrected chi connectivity index (χ4v) is 1.05. The molecule has 0 saturated heterocycles. The molecular formula is C16H13F2Ti. The van der Waals surface area contributed by atoms with E-state index in [9.17, 15) is 8.78 Å². The number of rotatable bonds is 0. The van der Waals surface area contributed by atoms with Crippen molar-refractivity contribution in [1.29, 1.82) is 0 Å². The Morgan fingerprint density at radius 1 is 0.842 bits per heavy atom. The molecule has 0 spiro atoms. The average Bonchev–Trinajstić information content (AvgIpc) is 3.09. The van der Waals surface area contributed by atoms with Crippen molar-refractivity contribution in [2.75, 3.05) is 0 Å². The molecule has 0 bridgehead atoms. The van der Waals surface area contributed by atoms with Crippen molar-refractivity contribution < 1.29 is 30.5 Å². The van der Waals surface area contributed by atoms with Crippen LogP contribution in [0.1, 0.15) is 0 Å². The monoisotopic (exact) mass is 291 g/mol. The molecule has 0 saturated carbocycles. The molecule has 0 aliphatic carbocycles. The van der Waals surface area contributed by atoms with Gasteiger partial charge in [0.25, 0.3) is 0 Å². The second-order valence-corrected chi connectivity index (χ2v) is 3.28. The number of hydrogen-bond donors (Lipinski definition) is 0. The Morgan fingerprint density at radius 3 is 1.53 bits per heavy atom. The van der Waals surface area contributed by atoms with E-state index in [1.165, 1.54) is 6.07 Å². The van der Waals surface area contributed by atoms with E-state index >= 15 is 0 Å². The van der Waals surface area contributed by atoms with Crippen LogP contribution in [0.4, 0.5) is 8.78 Å². The standard InChI is InChI=1S/C6H3F2.2C5H5.Ti/c7-5-2-1-3-6(8)4-5;2*1-2-4-5-3-1;/h1-2,4H;2*1-5H;/q3*-1;+3. The Morgan fingerprint density at radius 2 is 1.32 bits per heavy atom. The van der Waals surface area contributed by atoms with Crippen LogP contribution in [0.3, 0.4) is 0 Å². The Hall–Kier alpha value is -1.51. The molecule has 3 heteroatoms. The molecule has 0 nitrogen and oxygen atoms in total. The average molecular weight is 291 g/mol. The number of halogens is 2. The third kappa shape index (κ3) is 10.1. The molecular weight excluding hydrogens is 278 g/mol. The minimum atomic E-state index is -0.662. The molecule has 0 heterocycles. The van der Waals surface area contributed by atoms with Gasteiger partial charge in [-0.1, -0.05) is 0 Å². The van der Waals surface area contributed by atoms with Gasteiger partial charge in [-0.3, -0.25) is 0 Å². The van der Waals surface area contributed by atoms with Crippen molar-refractivity contribution in [2.24, 2.45) is 0 Å². The van der Waals surface area contributed by atoms with E-state index < -0.39 is 11.6 Å². The van der Waals surface area contributed by atoms with Crippen molar-refractivity contribution in [2.45, 2.75) is 0 Å². The third-order valence-electron chi connectivity index (χ3n) is 1.84. The Labute approximate surface area is 127 Å². The fourth-order valence-electron chi connectivity index (χ4n) is 1.05. The van der Waals surface area contributed by atoms with Gasteiger partial charge in [-0.15, -0.1) is 18.2 Å². The zero-order chi connectivity index (χ0) is 13.1. The number of hydrogen-bond acceptors (Lipinski definition) is 0. The van der Waals surface area contributed by atoms with E-state index in [4.69, 9.17) is 0 Å². The molecule has 0 aromatic heterocycles. The summed E-state index contributed by atoms with van der Waals surface area (Å²) in [5.41, 5.74) is 0. The fraction of sp³-hybridized carbons (Fsp3) is 0. The van der Waals surface area contributed by atoms with Crippen molar-refractivity contribution in [3.63, 3.8) is 0 Å². The first-order valence-corrected chi connectivity index (χ1v) is 5.45. The first kappa shape index (κ1) is 17.5. The van der Waals surface area contributed by atoms with Crippen LogP contribution >= 0.6 is 0 Å². The molecule has 0 aliphatic rings. The molecule has 3 aromatic rings. The maximum atomic E-state index is 11.9. The van der Waals surface area contributed by atoms with Gasteiger partial charge in [0.05, 0.1) is 0 Å². The van der Waals surface area contributed by atoms with Crippen LogP contribution in [0.2, 0.25) is 0 Å². The third-order valence-corrected chi connectivity index (χ3v) is 1.84. The van der Waals surface area contributed by atoms with Gasteiger partial charge >= 0.3 is 21.7 Å².